The zero-order valence-corrected chi connectivity index (χ0v) is 16.3. The number of carbonyl (C=O) groups is 2. The van der Waals surface area contributed by atoms with Gasteiger partial charge in [0.2, 0.25) is 11.8 Å². The fraction of sp³-hybridized carbons (Fsp3) is 0.579. The molecule has 2 amide bonds. The minimum Gasteiger partial charge on any atom is -0.341 e. The van der Waals surface area contributed by atoms with Crippen molar-refractivity contribution in [3.63, 3.8) is 0 Å². The van der Waals surface area contributed by atoms with Crippen LogP contribution in [0.3, 0.4) is 0 Å². The Morgan fingerprint density at radius 2 is 2.00 bits per heavy atom. The van der Waals surface area contributed by atoms with Gasteiger partial charge in [-0.05, 0) is 37.3 Å². The summed E-state index contributed by atoms with van der Waals surface area (Å²) >= 11 is 0. The highest BCUT2D eigenvalue weighted by Crippen LogP contribution is 2.41. The van der Waals surface area contributed by atoms with Crippen molar-refractivity contribution in [1.29, 1.82) is 0 Å². The standard InChI is InChI=1S/C19H26N2O4S/c1-4-13-7-5-6-12(2)17(13)20-18(22)15-10-16(15)19(23)21(3)14-8-9-26(24,25)11-14/h5-7,14-16H,4,8-11H2,1-3H3,(H,20,22). The SMILES string of the molecule is CCc1cccc(C)c1NC(=O)C1CC1C(=O)N(C)C1CCS(=O)(=O)C1. The first kappa shape index (κ1) is 18.9. The fourth-order valence-corrected chi connectivity index (χ4v) is 5.47. The molecule has 1 aromatic carbocycles. The van der Waals surface area contributed by atoms with Crippen LogP contribution in [0.15, 0.2) is 18.2 Å². The van der Waals surface area contributed by atoms with E-state index in [1.807, 2.05) is 32.0 Å². The van der Waals surface area contributed by atoms with Crippen molar-refractivity contribution in [3.05, 3.63) is 29.3 Å². The number of anilines is 1. The third-order valence-electron chi connectivity index (χ3n) is 5.54. The van der Waals surface area contributed by atoms with Gasteiger partial charge in [-0.3, -0.25) is 9.59 Å². The summed E-state index contributed by atoms with van der Waals surface area (Å²) in [6, 6.07) is 5.66. The molecular weight excluding hydrogens is 352 g/mol. The number of benzene rings is 1. The molecule has 3 atom stereocenters. The van der Waals surface area contributed by atoms with Crippen LogP contribution in [-0.4, -0.2) is 49.7 Å². The lowest BCUT2D eigenvalue weighted by molar-refractivity contribution is -0.134. The van der Waals surface area contributed by atoms with E-state index in [0.717, 1.165) is 23.2 Å². The molecule has 3 rings (SSSR count). The van der Waals surface area contributed by atoms with E-state index in [2.05, 4.69) is 5.32 Å². The van der Waals surface area contributed by atoms with Crippen LogP contribution >= 0.6 is 0 Å². The molecule has 1 N–H and O–H groups in total. The van der Waals surface area contributed by atoms with E-state index in [-0.39, 0.29) is 41.2 Å². The first-order valence-electron chi connectivity index (χ1n) is 9.10. The van der Waals surface area contributed by atoms with Crippen molar-refractivity contribution in [2.75, 3.05) is 23.9 Å². The molecule has 6 nitrogen and oxygen atoms in total. The Bertz CT molecular complexity index is 834. The van der Waals surface area contributed by atoms with Gasteiger partial charge in [0.1, 0.15) is 0 Å². The number of hydrogen-bond acceptors (Lipinski definition) is 4. The fourth-order valence-electron chi connectivity index (χ4n) is 3.70. The van der Waals surface area contributed by atoms with Crippen LogP contribution in [0.2, 0.25) is 0 Å². The normalized spacial score (nSPS) is 26.3. The van der Waals surface area contributed by atoms with Crippen molar-refractivity contribution in [2.24, 2.45) is 11.8 Å². The summed E-state index contributed by atoms with van der Waals surface area (Å²) in [5.74, 6) is -0.740. The van der Waals surface area contributed by atoms with Crippen molar-refractivity contribution in [2.45, 2.75) is 39.2 Å². The van der Waals surface area contributed by atoms with E-state index in [4.69, 9.17) is 0 Å². The first-order chi connectivity index (χ1) is 12.2. The van der Waals surface area contributed by atoms with Crippen LogP contribution in [0.4, 0.5) is 5.69 Å². The van der Waals surface area contributed by atoms with Crippen LogP contribution in [0, 0.1) is 18.8 Å². The number of nitrogens with zero attached hydrogens (tertiary/aromatic N) is 1. The van der Waals surface area contributed by atoms with Gasteiger partial charge in [-0.25, -0.2) is 8.42 Å². The topological polar surface area (TPSA) is 83.6 Å². The Hall–Kier alpha value is -1.89. The van der Waals surface area contributed by atoms with E-state index >= 15 is 0 Å². The van der Waals surface area contributed by atoms with Crippen LogP contribution in [-0.2, 0) is 25.8 Å². The second-order valence-electron chi connectivity index (χ2n) is 7.41. The predicted molar refractivity (Wildman–Crippen MR) is 101 cm³/mol. The monoisotopic (exact) mass is 378 g/mol. The van der Waals surface area contributed by atoms with Crippen molar-refractivity contribution >= 4 is 27.3 Å². The average molecular weight is 378 g/mol. The van der Waals surface area contributed by atoms with Crippen LogP contribution in [0.25, 0.3) is 0 Å². The van der Waals surface area contributed by atoms with E-state index in [9.17, 15) is 18.0 Å². The smallest absolute Gasteiger partial charge is 0.228 e. The van der Waals surface area contributed by atoms with E-state index in [1.54, 1.807) is 7.05 Å². The number of para-hydroxylation sites is 1. The molecule has 1 aromatic rings. The summed E-state index contributed by atoms with van der Waals surface area (Å²) in [6.07, 6.45) is 1.84. The number of aryl methyl sites for hydroxylation is 2. The highest BCUT2D eigenvalue weighted by molar-refractivity contribution is 7.91. The molecule has 7 heteroatoms. The predicted octanol–water partition coefficient (Wildman–Crippen LogP) is 1.78. The maximum absolute atomic E-state index is 12.6. The Labute approximate surface area is 154 Å². The molecule has 3 unspecified atom stereocenters. The summed E-state index contributed by atoms with van der Waals surface area (Å²) < 4.78 is 23.2. The quantitative estimate of drug-likeness (QED) is 0.846. The van der Waals surface area contributed by atoms with Crippen molar-refractivity contribution in [3.8, 4) is 0 Å². The van der Waals surface area contributed by atoms with Crippen LogP contribution < -0.4 is 5.32 Å². The molecule has 1 aliphatic heterocycles. The Balaban J connectivity index is 1.61. The molecule has 0 spiro atoms. The summed E-state index contributed by atoms with van der Waals surface area (Å²) in [5.41, 5.74) is 2.93. The average Bonchev–Trinajstić information content (AvgIpc) is 3.32. The molecule has 142 valence electrons. The third-order valence-corrected chi connectivity index (χ3v) is 7.29. The maximum Gasteiger partial charge on any atom is 0.228 e. The van der Waals surface area contributed by atoms with Gasteiger partial charge in [-0.15, -0.1) is 0 Å². The highest BCUT2D eigenvalue weighted by atomic mass is 32.2. The van der Waals surface area contributed by atoms with Gasteiger partial charge in [0.05, 0.1) is 23.3 Å². The molecule has 1 heterocycles. The number of nitrogens with one attached hydrogen (secondary N) is 1. The van der Waals surface area contributed by atoms with Gasteiger partial charge in [-0.1, -0.05) is 25.1 Å². The van der Waals surface area contributed by atoms with Crippen molar-refractivity contribution < 1.29 is 18.0 Å². The Morgan fingerprint density at radius 3 is 2.62 bits per heavy atom. The van der Waals surface area contributed by atoms with Crippen LogP contribution in [0.5, 0.6) is 0 Å². The molecule has 0 radical (unpaired) electrons. The van der Waals surface area contributed by atoms with Gasteiger partial charge < -0.3 is 10.2 Å². The number of amides is 2. The molecule has 0 bridgehead atoms. The largest absolute Gasteiger partial charge is 0.341 e. The highest BCUT2D eigenvalue weighted by Gasteiger charge is 2.50. The molecule has 2 aliphatic rings. The lowest BCUT2D eigenvalue weighted by Crippen LogP contribution is -2.39. The number of carbonyl (C=O) groups excluding carboxylic acids is 2. The van der Waals surface area contributed by atoms with E-state index in [1.165, 1.54) is 4.90 Å². The second kappa shape index (κ2) is 7.02. The summed E-state index contributed by atoms with van der Waals surface area (Å²) in [4.78, 5) is 26.7. The molecule has 1 saturated carbocycles. The van der Waals surface area contributed by atoms with E-state index < -0.39 is 9.84 Å². The molecular formula is C19H26N2O4S. The molecule has 1 saturated heterocycles. The lowest BCUT2D eigenvalue weighted by Gasteiger charge is -2.23. The van der Waals surface area contributed by atoms with Gasteiger partial charge in [-0.2, -0.15) is 0 Å². The Kier molecular flexibility index (Phi) is 5.10. The number of rotatable bonds is 5. The molecule has 2 fully saturated rings. The lowest BCUT2D eigenvalue weighted by atomic mass is 10.1. The molecule has 1 aliphatic carbocycles. The van der Waals surface area contributed by atoms with Crippen molar-refractivity contribution in [1.82, 2.24) is 4.90 Å². The summed E-state index contributed by atoms with van der Waals surface area (Å²) in [7, 11) is -1.39. The third kappa shape index (κ3) is 3.77. The minimum atomic E-state index is -3.04. The van der Waals surface area contributed by atoms with E-state index in [0.29, 0.717) is 12.8 Å². The zero-order chi connectivity index (χ0) is 19.1. The Morgan fingerprint density at radius 1 is 1.27 bits per heavy atom. The van der Waals surface area contributed by atoms with Gasteiger partial charge in [0, 0.05) is 18.8 Å². The number of hydrogen-bond donors (Lipinski definition) is 1. The molecule has 26 heavy (non-hydrogen) atoms. The second-order valence-corrected chi connectivity index (χ2v) is 9.64. The summed E-state index contributed by atoms with van der Waals surface area (Å²) in [5, 5.41) is 2.99. The first-order valence-corrected chi connectivity index (χ1v) is 10.9. The van der Waals surface area contributed by atoms with Gasteiger partial charge >= 0.3 is 0 Å². The minimum absolute atomic E-state index is 0.0297. The van der Waals surface area contributed by atoms with Gasteiger partial charge in [0.15, 0.2) is 9.84 Å². The van der Waals surface area contributed by atoms with Crippen LogP contribution in [0.1, 0.15) is 30.9 Å². The maximum atomic E-state index is 12.6. The van der Waals surface area contributed by atoms with Gasteiger partial charge in [0.25, 0.3) is 0 Å². The molecule has 0 aromatic heterocycles. The zero-order valence-electron chi connectivity index (χ0n) is 15.5. The number of sulfone groups is 1. The summed E-state index contributed by atoms with van der Waals surface area (Å²) in [6.45, 7) is 4.00.